The van der Waals surface area contributed by atoms with Gasteiger partial charge < -0.3 is 5.73 Å². The molecule has 1 unspecified atom stereocenters. The Kier molecular flexibility index (Phi) is 6.20. The van der Waals surface area contributed by atoms with Gasteiger partial charge in [-0.1, -0.05) is 20.8 Å². The van der Waals surface area contributed by atoms with Crippen LogP contribution in [0.25, 0.3) is 0 Å². The number of nitrogens with zero attached hydrogens (tertiary/aromatic N) is 2. The Morgan fingerprint density at radius 3 is 2.35 bits per heavy atom. The average Bonchev–Trinajstić information content (AvgIpc) is 2.74. The largest absolute Gasteiger partial charge is 0.324 e. The van der Waals surface area contributed by atoms with Crippen molar-refractivity contribution in [3.63, 3.8) is 0 Å². The number of sulfone groups is 1. The third-order valence-corrected chi connectivity index (χ3v) is 4.57. The van der Waals surface area contributed by atoms with Gasteiger partial charge in [0.05, 0.1) is 11.4 Å². The lowest BCUT2D eigenvalue weighted by Crippen LogP contribution is -2.14. The minimum atomic E-state index is -2.91. The quantitative estimate of drug-likeness (QED) is 0.795. The molecule has 1 atom stereocenters. The summed E-state index contributed by atoms with van der Waals surface area (Å²) in [5.74, 6) is 0.201. The zero-order valence-electron chi connectivity index (χ0n) is 13.0. The maximum atomic E-state index is 11.2. The predicted octanol–water partition coefficient (Wildman–Crippen LogP) is 1.85. The lowest BCUT2D eigenvalue weighted by molar-refractivity contribution is 0.557. The molecule has 0 fully saturated rings. The molecule has 0 bridgehead atoms. The van der Waals surface area contributed by atoms with Gasteiger partial charge in [0.2, 0.25) is 0 Å². The lowest BCUT2D eigenvalue weighted by Gasteiger charge is -2.12. The van der Waals surface area contributed by atoms with Crippen LogP contribution in [0.5, 0.6) is 0 Å². The smallest absolute Gasteiger partial charge is 0.147 e. The highest BCUT2D eigenvalue weighted by Crippen LogP contribution is 2.24. The van der Waals surface area contributed by atoms with Crippen molar-refractivity contribution < 1.29 is 8.42 Å². The van der Waals surface area contributed by atoms with E-state index in [1.165, 1.54) is 6.26 Å². The standard InChI is InChI=1S/C14H27N3O2S/c1-5-11(15)14-12(6-2)16-17(13(14)7-3)9-8-10-20(4,18)19/h11H,5-10,15H2,1-4H3. The summed E-state index contributed by atoms with van der Waals surface area (Å²) in [5.41, 5.74) is 9.58. The van der Waals surface area contributed by atoms with Gasteiger partial charge in [-0.05, 0) is 25.7 Å². The average molecular weight is 301 g/mol. The zero-order valence-corrected chi connectivity index (χ0v) is 13.8. The van der Waals surface area contributed by atoms with Gasteiger partial charge in [-0.15, -0.1) is 0 Å². The van der Waals surface area contributed by atoms with Crippen molar-refractivity contribution in [2.24, 2.45) is 5.73 Å². The van der Waals surface area contributed by atoms with Crippen molar-refractivity contribution in [3.05, 3.63) is 17.0 Å². The fraction of sp³-hybridized carbons (Fsp3) is 0.786. The third-order valence-electron chi connectivity index (χ3n) is 3.54. The van der Waals surface area contributed by atoms with Crippen LogP contribution in [0.15, 0.2) is 0 Å². The van der Waals surface area contributed by atoms with E-state index in [2.05, 4.69) is 25.9 Å². The second kappa shape index (κ2) is 7.22. The summed E-state index contributed by atoms with van der Waals surface area (Å²) >= 11 is 0. The summed E-state index contributed by atoms with van der Waals surface area (Å²) in [6, 6.07) is 0.0172. The molecule has 0 aliphatic carbocycles. The fourth-order valence-electron chi connectivity index (χ4n) is 2.49. The molecular weight excluding hydrogens is 274 g/mol. The van der Waals surface area contributed by atoms with Gasteiger partial charge in [-0.2, -0.15) is 5.10 Å². The Hall–Kier alpha value is -0.880. The van der Waals surface area contributed by atoms with Crippen LogP contribution in [0, 0.1) is 0 Å². The van der Waals surface area contributed by atoms with Gasteiger partial charge in [-0.25, -0.2) is 8.42 Å². The van der Waals surface area contributed by atoms with Crippen LogP contribution >= 0.6 is 0 Å². The van der Waals surface area contributed by atoms with Crippen molar-refractivity contribution >= 4 is 9.84 Å². The number of nitrogens with two attached hydrogens (primary N) is 1. The summed E-state index contributed by atoms with van der Waals surface area (Å²) in [6.45, 7) is 6.88. The highest BCUT2D eigenvalue weighted by atomic mass is 32.2. The van der Waals surface area contributed by atoms with Crippen molar-refractivity contribution in [2.75, 3.05) is 12.0 Å². The summed E-state index contributed by atoms with van der Waals surface area (Å²) in [7, 11) is -2.91. The lowest BCUT2D eigenvalue weighted by atomic mass is 10.00. The van der Waals surface area contributed by atoms with Crippen LogP contribution in [0.4, 0.5) is 0 Å². The molecule has 1 aromatic heterocycles. The Balaban J connectivity index is 2.99. The number of aromatic nitrogens is 2. The Morgan fingerprint density at radius 2 is 1.90 bits per heavy atom. The predicted molar refractivity (Wildman–Crippen MR) is 82.5 cm³/mol. The van der Waals surface area contributed by atoms with Gasteiger partial charge in [0, 0.05) is 30.1 Å². The Labute approximate surface area is 122 Å². The van der Waals surface area contributed by atoms with E-state index in [0.29, 0.717) is 13.0 Å². The van der Waals surface area contributed by atoms with E-state index in [1.54, 1.807) is 0 Å². The van der Waals surface area contributed by atoms with E-state index in [1.807, 2.05) is 4.68 Å². The van der Waals surface area contributed by atoms with Crippen LogP contribution in [0.3, 0.4) is 0 Å². The molecule has 1 aromatic rings. The number of rotatable bonds is 8. The van der Waals surface area contributed by atoms with E-state index in [9.17, 15) is 8.42 Å². The van der Waals surface area contributed by atoms with Crippen LogP contribution in [-0.4, -0.2) is 30.2 Å². The summed E-state index contributed by atoms with van der Waals surface area (Å²) in [4.78, 5) is 0. The van der Waals surface area contributed by atoms with Crippen LogP contribution in [0.2, 0.25) is 0 Å². The fourth-order valence-corrected chi connectivity index (χ4v) is 3.15. The van der Waals surface area contributed by atoms with E-state index in [4.69, 9.17) is 5.73 Å². The van der Waals surface area contributed by atoms with E-state index in [-0.39, 0.29) is 11.8 Å². The maximum Gasteiger partial charge on any atom is 0.147 e. The first-order chi connectivity index (χ1) is 9.34. The van der Waals surface area contributed by atoms with Crippen molar-refractivity contribution in [2.45, 2.75) is 59.0 Å². The van der Waals surface area contributed by atoms with Crippen molar-refractivity contribution in [1.29, 1.82) is 0 Å². The third kappa shape index (κ3) is 4.31. The second-order valence-corrected chi connectivity index (χ2v) is 7.50. The van der Waals surface area contributed by atoms with E-state index in [0.717, 1.165) is 36.2 Å². The number of aryl methyl sites for hydroxylation is 2. The molecule has 0 spiro atoms. The molecule has 1 rings (SSSR count). The van der Waals surface area contributed by atoms with Crippen LogP contribution in [-0.2, 0) is 29.2 Å². The topological polar surface area (TPSA) is 78.0 Å². The van der Waals surface area contributed by atoms with Crippen LogP contribution in [0.1, 0.15) is 56.6 Å². The van der Waals surface area contributed by atoms with Crippen molar-refractivity contribution in [1.82, 2.24) is 9.78 Å². The van der Waals surface area contributed by atoms with Gasteiger partial charge in [0.25, 0.3) is 0 Å². The first-order valence-electron chi connectivity index (χ1n) is 7.35. The monoisotopic (exact) mass is 301 g/mol. The second-order valence-electron chi connectivity index (χ2n) is 5.24. The molecule has 116 valence electrons. The van der Waals surface area contributed by atoms with Crippen LogP contribution < -0.4 is 5.73 Å². The van der Waals surface area contributed by atoms with Gasteiger partial charge in [0.15, 0.2) is 0 Å². The SMILES string of the molecule is CCc1nn(CCCS(C)(=O)=O)c(CC)c1C(N)CC. The molecule has 5 nitrogen and oxygen atoms in total. The summed E-state index contributed by atoms with van der Waals surface area (Å²) in [6.07, 6.45) is 4.48. The first-order valence-corrected chi connectivity index (χ1v) is 9.41. The molecule has 0 aliphatic heterocycles. The molecule has 0 saturated heterocycles. The van der Waals surface area contributed by atoms with E-state index >= 15 is 0 Å². The first kappa shape index (κ1) is 17.2. The maximum absolute atomic E-state index is 11.2. The summed E-state index contributed by atoms with van der Waals surface area (Å²) in [5, 5.41) is 4.63. The normalized spacial score (nSPS) is 13.7. The summed E-state index contributed by atoms with van der Waals surface area (Å²) < 4.78 is 24.4. The molecule has 0 aromatic carbocycles. The number of hydrogen-bond acceptors (Lipinski definition) is 4. The Morgan fingerprint density at radius 1 is 1.25 bits per heavy atom. The minimum Gasteiger partial charge on any atom is -0.324 e. The van der Waals surface area contributed by atoms with Gasteiger partial charge >= 0.3 is 0 Å². The number of hydrogen-bond donors (Lipinski definition) is 1. The molecule has 0 saturated carbocycles. The molecule has 0 aliphatic rings. The molecule has 1 heterocycles. The van der Waals surface area contributed by atoms with Crippen molar-refractivity contribution in [3.8, 4) is 0 Å². The zero-order chi connectivity index (χ0) is 15.3. The van der Waals surface area contributed by atoms with Gasteiger partial charge in [-0.3, -0.25) is 4.68 Å². The van der Waals surface area contributed by atoms with E-state index < -0.39 is 9.84 Å². The molecule has 20 heavy (non-hydrogen) atoms. The highest BCUT2D eigenvalue weighted by Gasteiger charge is 2.19. The molecule has 2 N–H and O–H groups in total. The molecule has 0 amide bonds. The molecule has 0 radical (unpaired) electrons. The molecular formula is C14H27N3O2S. The highest BCUT2D eigenvalue weighted by molar-refractivity contribution is 7.90. The molecule has 6 heteroatoms. The van der Waals surface area contributed by atoms with Gasteiger partial charge in [0.1, 0.15) is 9.84 Å². The minimum absolute atomic E-state index is 0.0172. The Bertz CT molecular complexity index is 535.